The number of rotatable bonds is 3. The summed E-state index contributed by atoms with van der Waals surface area (Å²) in [6, 6.07) is 3.06. The highest BCUT2D eigenvalue weighted by Gasteiger charge is 2.33. The summed E-state index contributed by atoms with van der Waals surface area (Å²) in [5.74, 6) is 0.0934. The Hall–Kier alpha value is -1.51. The van der Waals surface area contributed by atoms with Crippen LogP contribution in [0.4, 0.5) is 0 Å². The first-order valence-electron chi connectivity index (χ1n) is 7.51. The van der Waals surface area contributed by atoms with Crippen molar-refractivity contribution in [1.29, 1.82) is 0 Å². The lowest BCUT2D eigenvalue weighted by atomic mass is 10.2. The largest absolute Gasteiger partial charge is 0.339 e. The van der Waals surface area contributed by atoms with Crippen LogP contribution in [-0.2, 0) is 14.8 Å². The van der Waals surface area contributed by atoms with Gasteiger partial charge in [-0.1, -0.05) is 0 Å². The molecule has 1 N–H and O–H groups in total. The topological polar surface area (TPSA) is 82.6 Å². The van der Waals surface area contributed by atoms with Crippen LogP contribution in [0.1, 0.15) is 12.8 Å². The van der Waals surface area contributed by atoms with Gasteiger partial charge < -0.3 is 10.2 Å². The number of aromatic nitrogens is 1. The number of amides is 1. The summed E-state index contributed by atoms with van der Waals surface area (Å²) in [6.45, 7) is 2.42. The number of hydrogen-bond acceptors (Lipinski definition) is 5. The van der Waals surface area contributed by atoms with Gasteiger partial charge in [0.1, 0.15) is 4.90 Å². The predicted molar refractivity (Wildman–Crippen MR) is 80.6 cm³/mol. The number of piperazine rings is 1. The molecule has 7 nitrogen and oxygen atoms in total. The maximum absolute atomic E-state index is 12.5. The molecule has 1 atom stereocenters. The van der Waals surface area contributed by atoms with Crippen LogP contribution in [0.25, 0.3) is 0 Å². The molecule has 0 aliphatic carbocycles. The highest BCUT2D eigenvalue weighted by atomic mass is 32.2. The van der Waals surface area contributed by atoms with E-state index in [0.29, 0.717) is 26.2 Å². The average Bonchev–Trinajstić information content (AvgIpc) is 3.09. The fourth-order valence-corrected chi connectivity index (χ4v) is 4.30. The number of pyridine rings is 1. The van der Waals surface area contributed by atoms with Crippen LogP contribution >= 0.6 is 0 Å². The van der Waals surface area contributed by atoms with E-state index in [0.717, 1.165) is 19.4 Å². The maximum atomic E-state index is 12.5. The van der Waals surface area contributed by atoms with Gasteiger partial charge in [-0.15, -0.1) is 0 Å². The van der Waals surface area contributed by atoms with Gasteiger partial charge in [-0.05, 0) is 31.5 Å². The Balaban J connectivity index is 1.63. The van der Waals surface area contributed by atoms with Gasteiger partial charge in [-0.2, -0.15) is 4.31 Å². The minimum absolute atomic E-state index is 0.0934. The third-order valence-corrected chi connectivity index (χ3v) is 6.06. The maximum Gasteiger partial charge on any atom is 0.244 e. The number of nitrogens with one attached hydrogen (secondary N) is 1. The molecule has 8 heteroatoms. The minimum Gasteiger partial charge on any atom is -0.339 e. The second-order valence-corrected chi connectivity index (χ2v) is 7.50. The molecule has 1 amide bonds. The normalized spacial score (nSPS) is 23.6. The van der Waals surface area contributed by atoms with Gasteiger partial charge in [0.25, 0.3) is 0 Å². The molecule has 3 heterocycles. The highest BCUT2D eigenvalue weighted by molar-refractivity contribution is 7.89. The van der Waals surface area contributed by atoms with Gasteiger partial charge >= 0.3 is 0 Å². The molecule has 0 spiro atoms. The summed E-state index contributed by atoms with van der Waals surface area (Å²) in [4.78, 5) is 18.1. The van der Waals surface area contributed by atoms with Crippen molar-refractivity contribution in [1.82, 2.24) is 19.5 Å². The van der Waals surface area contributed by atoms with Crippen LogP contribution in [-0.4, -0.2) is 67.3 Å². The molecular weight excluding hydrogens is 304 g/mol. The van der Waals surface area contributed by atoms with E-state index in [2.05, 4.69) is 10.3 Å². The van der Waals surface area contributed by atoms with Crippen LogP contribution in [0, 0.1) is 0 Å². The Kier molecular flexibility index (Phi) is 4.42. The summed E-state index contributed by atoms with van der Waals surface area (Å²) < 4.78 is 26.4. The smallest absolute Gasteiger partial charge is 0.244 e. The van der Waals surface area contributed by atoms with E-state index in [-0.39, 0.29) is 16.8 Å². The summed E-state index contributed by atoms with van der Waals surface area (Å²) in [5.41, 5.74) is 0. The summed E-state index contributed by atoms with van der Waals surface area (Å²) in [6.07, 6.45) is 4.79. The van der Waals surface area contributed by atoms with Crippen LogP contribution in [0.5, 0.6) is 0 Å². The van der Waals surface area contributed by atoms with E-state index < -0.39 is 10.0 Å². The van der Waals surface area contributed by atoms with Crippen LogP contribution in [0.2, 0.25) is 0 Å². The van der Waals surface area contributed by atoms with Crippen molar-refractivity contribution in [2.75, 3.05) is 32.7 Å². The van der Waals surface area contributed by atoms with E-state index in [1.165, 1.54) is 10.5 Å². The number of sulfonamides is 1. The lowest BCUT2D eigenvalue weighted by Gasteiger charge is -2.35. The van der Waals surface area contributed by atoms with Crippen molar-refractivity contribution in [3.05, 3.63) is 24.5 Å². The SMILES string of the molecule is O=C(C1CCCN1)N1CCN(S(=O)(=O)c2cccnc2)CC1. The Morgan fingerprint density at radius 3 is 2.64 bits per heavy atom. The molecule has 0 aromatic carbocycles. The Labute approximate surface area is 130 Å². The molecule has 1 aromatic heterocycles. The minimum atomic E-state index is -3.51. The molecule has 1 unspecified atom stereocenters. The van der Waals surface area contributed by atoms with E-state index in [9.17, 15) is 13.2 Å². The number of hydrogen-bond donors (Lipinski definition) is 1. The molecule has 1 aromatic rings. The van der Waals surface area contributed by atoms with Gasteiger partial charge in [0.2, 0.25) is 15.9 Å². The van der Waals surface area contributed by atoms with Gasteiger partial charge in [0.05, 0.1) is 6.04 Å². The predicted octanol–water partition coefficient (Wildman–Crippen LogP) is -0.333. The fourth-order valence-electron chi connectivity index (χ4n) is 2.91. The molecule has 2 saturated heterocycles. The zero-order valence-corrected chi connectivity index (χ0v) is 13.1. The third kappa shape index (κ3) is 2.99. The van der Waals surface area contributed by atoms with Gasteiger partial charge in [-0.25, -0.2) is 8.42 Å². The van der Waals surface area contributed by atoms with E-state index in [1.807, 2.05) is 0 Å². The number of nitrogens with zero attached hydrogens (tertiary/aromatic N) is 3. The second kappa shape index (κ2) is 6.31. The first-order valence-corrected chi connectivity index (χ1v) is 8.95. The van der Waals surface area contributed by atoms with Crippen molar-refractivity contribution >= 4 is 15.9 Å². The molecule has 3 rings (SSSR count). The molecule has 22 heavy (non-hydrogen) atoms. The van der Waals surface area contributed by atoms with Crippen molar-refractivity contribution in [3.63, 3.8) is 0 Å². The van der Waals surface area contributed by atoms with Crippen LogP contribution in [0.3, 0.4) is 0 Å². The molecule has 0 bridgehead atoms. The van der Waals surface area contributed by atoms with Crippen LogP contribution in [0.15, 0.2) is 29.4 Å². The Morgan fingerprint density at radius 2 is 2.05 bits per heavy atom. The molecule has 0 radical (unpaired) electrons. The zero-order chi connectivity index (χ0) is 15.6. The van der Waals surface area contributed by atoms with Crippen molar-refractivity contribution in [3.8, 4) is 0 Å². The van der Waals surface area contributed by atoms with E-state index in [1.54, 1.807) is 23.2 Å². The lowest BCUT2D eigenvalue weighted by Crippen LogP contribution is -2.54. The summed E-state index contributed by atoms with van der Waals surface area (Å²) in [7, 11) is -3.51. The van der Waals surface area contributed by atoms with E-state index in [4.69, 9.17) is 0 Å². The number of carbonyl (C=O) groups excluding carboxylic acids is 1. The first kappa shape index (κ1) is 15.4. The summed E-state index contributed by atoms with van der Waals surface area (Å²) >= 11 is 0. The molecular formula is C14H20N4O3S. The standard InChI is InChI=1S/C14H20N4O3S/c19-14(13-4-2-6-16-13)17-7-9-18(10-8-17)22(20,21)12-3-1-5-15-11-12/h1,3,5,11,13,16H,2,4,6-10H2. The quantitative estimate of drug-likeness (QED) is 0.823. The third-order valence-electron chi connectivity index (χ3n) is 4.18. The van der Waals surface area contributed by atoms with E-state index >= 15 is 0 Å². The van der Waals surface area contributed by atoms with Crippen molar-refractivity contribution in [2.24, 2.45) is 0 Å². The Bertz CT molecular complexity index is 621. The Morgan fingerprint density at radius 1 is 1.27 bits per heavy atom. The zero-order valence-electron chi connectivity index (χ0n) is 12.3. The van der Waals surface area contributed by atoms with Gasteiger partial charge in [0.15, 0.2) is 0 Å². The first-order chi connectivity index (χ1) is 10.6. The molecule has 120 valence electrons. The molecule has 2 aliphatic rings. The highest BCUT2D eigenvalue weighted by Crippen LogP contribution is 2.17. The van der Waals surface area contributed by atoms with Gasteiger partial charge in [0, 0.05) is 38.6 Å². The molecule has 2 fully saturated rings. The van der Waals surface area contributed by atoms with Crippen molar-refractivity contribution < 1.29 is 13.2 Å². The average molecular weight is 324 g/mol. The van der Waals surface area contributed by atoms with Gasteiger partial charge in [-0.3, -0.25) is 9.78 Å². The monoisotopic (exact) mass is 324 g/mol. The van der Waals surface area contributed by atoms with Crippen LogP contribution < -0.4 is 5.32 Å². The second-order valence-electron chi connectivity index (χ2n) is 5.57. The molecule has 0 saturated carbocycles. The number of carbonyl (C=O) groups is 1. The summed E-state index contributed by atoms with van der Waals surface area (Å²) in [5, 5.41) is 3.19. The van der Waals surface area contributed by atoms with Crippen molar-refractivity contribution in [2.45, 2.75) is 23.8 Å². The molecule has 2 aliphatic heterocycles. The lowest BCUT2D eigenvalue weighted by molar-refractivity contribution is -0.134. The fraction of sp³-hybridized carbons (Fsp3) is 0.571.